The number of pyridine rings is 1. The maximum atomic E-state index is 12.5. The van der Waals surface area contributed by atoms with Crippen LogP contribution in [0.5, 0.6) is 5.75 Å². The van der Waals surface area contributed by atoms with Crippen molar-refractivity contribution in [2.75, 3.05) is 34.8 Å². The third-order valence-electron chi connectivity index (χ3n) is 6.32. The zero-order valence-electron chi connectivity index (χ0n) is 21.4. The number of methoxy groups -OCH3 is 1. The van der Waals surface area contributed by atoms with Crippen LogP contribution in [-0.4, -0.2) is 75.3 Å². The SMILES string of the molecule is COc1cc(-c2[nH]nc(-c3ccc([C@H](C)N(C)C(=O)CN(C)C)cc3)c2C(C)C)cn2ncnc12. The molecule has 0 fully saturated rings. The smallest absolute Gasteiger partial charge is 0.236 e. The van der Waals surface area contributed by atoms with E-state index in [4.69, 9.17) is 9.84 Å². The molecule has 9 heteroatoms. The van der Waals surface area contributed by atoms with Gasteiger partial charge < -0.3 is 14.5 Å². The number of rotatable bonds is 8. The Morgan fingerprint density at radius 2 is 1.83 bits per heavy atom. The van der Waals surface area contributed by atoms with Crippen LogP contribution in [0.1, 0.15) is 43.9 Å². The molecule has 184 valence electrons. The number of aromatic amines is 1. The molecule has 0 radical (unpaired) electrons. The van der Waals surface area contributed by atoms with Crippen LogP contribution in [-0.2, 0) is 4.79 Å². The van der Waals surface area contributed by atoms with Crippen LogP contribution in [0.2, 0.25) is 0 Å². The van der Waals surface area contributed by atoms with Gasteiger partial charge in [-0.25, -0.2) is 9.50 Å². The van der Waals surface area contributed by atoms with Gasteiger partial charge in [-0.2, -0.15) is 10.2 Å². The topological polar surface area (TPSA) is 91.7 Å². The van der Waals surface area contributed by atoms with Gasteiger partial charge in [0.05, 0.1) is 31.1 Å². The van der Waals surface area contributed by atoms with E-state index in [1.54, 1.807) is 16.5 Å². The van der Waals surface area contributed by atoms with Crippen molar-refractivity contribution < 1.29 is 9.53 Å². The lowest BCUT2D eigenvalue weighted by Gasteiger charge is -2.26. The fraction of sp³-hybridized carbons (Fsp3) is 0.385. The minimum Gasteiger partial charge on any atom is -0.493 e. The first-order chi connectivity index (χ1) is 16.7. The summed E-state index contributed by atoms with van der Waals surface area (Å²) in [6.45, 7) is 6.75. The molecule has 4 rings (SSSR count). The number of carbonyl (C=O) groups excluding carboxylic acids is 1. The summed E-state index contributed by atoms with van der Waals surface area (Å²) < 4.78 is 7.26. The van der Waals surface area contributed by atoms with Gasteiger partial charge in [0.1, 0.15) is 6.33 Å². The van der Waals surface area contributed by atoms with E-state index in [1.165, 1.54) is 6.33 Å². The van der Waals surface area contributed by atoms with Gasteiger partial charge >= 0.3 is 0 Å². The van der Waals surface area contributed by atoms with Crippen molar-refractivity contribution in [3.05, 3.63) is 54.0 Å². The molecule has 0 saturated carbocycles. The van der Waals surface area contributed by atoms with Crippen LogP contribution < -0.4 is 4.74 Å². The third-order valence-corrected chi connectivity index (χ3v) is 6.32. The van der Waals surface area contributed by atoms with Crippen molar-refractivity contribution in [1.82, 2.24) is 34.6 Å². The summed E-state index contributed by atoms with van der Waals surface area (Å²) in [6, 6.07) is 10.2. The van der Waals surface area contributed by atoms with Crippen molar-refractivity contribution in [2.24, 2.45) is 0 Å². The minimum absolute atomic E-state index is 0.0299. The first kappa shape index (κ1) is 24.4. The number of ether oxygens (including phenoxy) is 1. The number of aromatic nitrogens is 5. The van der Waals surface area contributed by atoms with Gasteiger partial charge in [0, 0.05) is 29.9 Å². The second-order valence-corrected chi connectivity index (χ2v) is 9.38. The second-order valence-electron chi connectivity index (χ2n) is 9.38. The van der Waals surface area contributed by atoms with Crippen LogP contribution in [0.15, 0.2) is 42.9 Å². The van der Waals surface area contributed by atoms with E-state index in [0.29, 0.717) is 17.9 Å². The Kier molecular flexibility index (Phi) is 6.88. The molecule has 1 atom stereocenters. The first-order valence-electron chi connectivity index (χ1n) is 11.7. The summed E-state index contributed by atoms with van der Waals surface area (Å²) in [4.78, 5) is 20.4. The quantitative estimate of drug-likeness (QED) is 0.414. The maximum Gasteiger partial charge on any atom is 0.236 e. The molecular weight excluding hydrogens is 442 g/mol. The van der Waals surface area contributed by atoms with Gasteiger partial charge in [-0.05, 0) is 38.6 Å². The first-order valence-corrected chi connectivity index (χ1v) is 11.7. The summed E-state index contributed by atoms with van der Waals surface area (Å²) in [6.07, 6.45) is 3.44. The largest absolute Gasteiger partial charge is 0.493 e. The molecule has 4 aromatic rings. The van der Waals surface area contributed by atoms with E-state index in [1.807, 2.05) is 45.2 Å². The molecule has 1 amide bonds. The van der Waals surface area contributed by atoms with Crippen LogP contribution in [0, 0.1) is 0 Å². The molecule has 0 unspecified atom stereocenters. The van der Waals surface area contributed by atoms with E-state index in [-0.39, 0.29) is 17.9 Å². The van der Waals surface area contributed by atoms with E-state index in [0.717, 1.165) is 33.6 Å². The Labute approximate surface area is 205 Å². The number of carbonyl (C=O) groups is 1. The van der Waals surface area contributed by atoms with Gasteiger partial charge in [-0.3, -0.25) is 9.89 Å². The molecule has 0 aliphatic carbocycles. The van der Waals surface area contributed by atoms with Crippen molar-refractivity contribution in [2.45, 2.75) is 32.7 Å². The van der Waals surface area contributed by atoms with Gasteiger partial charge in [0.25, 0.3) is 0 Å². The highest BCUT2D eigenvalue weighted by Crippen LogP contribution is 2.37. The minimum atomic E-state index is -0.0299. The zero-order valence-corrected chi connectivity index (χ0v) is 21.4. The number of fused-ring (bicyclic) bond motifs is 1. The lowest BCUT2D eigenvalue weighted by Crippen LogP contribution is -2.36. The Balaban J connectivity index is 1.67. The van der Waals surface area contributed by atoms with Crippen LogP contribution in [0.25, 0.3) is 28.2 Å². The van der Waals surface area contributed by atoms with E-state index in [2.05, 4.69) is 53.3 Å². The molecule has 0 saturated heterocycles. The Bertz CT molecular complexity index is 1320. The third kappa shape index (κ3) is 4.77. The molecular formula is C26H33N7O2. The molecule has 1 aromatic carbocycles. The number of nitrogens with zero attached hydrogens (tertiary/aromatic N) is 6. The molecule has 9 nitrogen and oxygen atoms in total. The van der Waals surface area contributed by atoms with Crippen molar-refractivity contribution >= 4 is 11.6 Å². The summed E-state index contributed by atoms with van der Waals surface area (Å²) in [5.74, 6) is 0.965. The molecule has 0 bridgehead atoms. The summed E-state index contributed by atoms with van der Waals surface area (Å²) in [5, 5.41) is 12.2. The van der Waals surface area contributed by atoms with Crippen molar-refractivity contribution in [3.63, 3.8) is 0 Å². The maximum absolute atomic E-state index is 12.5. The highest BCUT2D eigenvalue weighted by atomic mass is 16.5. The van der Waals surface area contributed by atoms with E-state index in [9.17, 15) is 4.79 Å². The Hall–Kier alpha value is -3.72. The van der Waals surface area contributed by atoms with Crippen molar-refractivity contribution in [3.8, 4) is 28.3 Å². The summed E-state index contributed by atoms with van der Waals surface area (Å²) in [7, 11) is 7.27. The van der Waals surface area contributed by atoms with Crippen LogP contribution >= 0.6 is 0 Å². The van der Waals surface area contributed by atoms with E-state index < -0.39 is 0 Å². The normalized spacial score (nSPS) is 12.5. The highest BCUT2D eigenvalue weighted by Gasteiger charge is 2.22. The molecule has 0 spiro atoms. The molecule has 0 aliphatic heterocycles. The summed E-state index contributed by atoms with van der Waals surface area (Å²) in [5.41, 5.74) is 6.64. The van der Waals surface area contributed by atoms with Crippen LogP contribution in [0.4, 0.5) is 0 Å². The number of amides is 1. The number of benzene rings is 1. The lowest BCUT2D eigenvalue weighted by molar-refractivity contribution is -0.132. The number of nitrogens with one attached hydrogen (secondary N) is 1. The van der Waals surface area contributed by atoms with E-state index >= 15 is 0 Å². The van der Waals surface area contributed by atoms with Crippen LogP contribution in [0.3, 0.4) is 0 Å². The number of H-pyrrole nitrogens is 1. The molecule has 3 aromatic heterocycles. The monoisotopic (exact) mass is 475 g/mol. The van der Waals surface area contributed by atoms with Gasteiger partial charge in [-0.15, -0.1) is 0 Å². The Morgan fingerprint density at radius 3 is 2.46 bits per heavy atom. The fourth-order valence-corrected chi connectivity index (χ4v) is 4.28. The second kappa shape index (κ2) is 9.87. The average molecular weight is 476 g/mol. The Morgan fingerprint density at radius 1 is 1.11 bits per heavy atom. The highest BCUT2D eigenvalue weighted by molar-refractivity contribution is 5.79. The predicted octanol–water partition coefficient (Wildman–Crippen LogP) is 4.00. The fourth-order valence-electron chi connectivity index (χ4n) is 4.28. The number of hydrogen-bond donors (Lipinski definition) is 1. The zero-order chi connectivity index (χ0) is 25.3. The number of likely N-dealkylation sites (N-methyl/N-ethyl adjacent to an activating group) is 2. The molecule has 0 aliphatic rings. The summed E-state index contributed by atoms with van der Waals surface area (Å²) >= 11 is 0. The van der Waals surface area contributed by atoms with Gasteiger partial charge in [0.15, 0.2) is 11.4 Å². The standard InChI is InChI=1S/C26H33N7O2/c1-16(2)23-24(19-10-8-18(9-11-19)17(3)32(6)22(34)14-31(4)5)29-30-25(23)20-12-21(35-7)26-27-15-28-33(26)13-20/h8-13,15-17H,14H2,1-7H3,(H,29,30)/t17-/m0/s1. The average Bonchev–Trinajstić information content (AvgIpc) is 3.49. The van der Waals surface area contributed by atoms with Crippen molar-refractivity contribution in [1.29, 1.82) is 0 Å². The predicted molar refractivity (Wildman–Crippen MR) is 136 cm³/mol. The van der Waals surface area contributed by atoms with Gasteiger partial charge in [0.2, 0.25) is 5.91 Å². The molecule has 1 N–H and O–H groups in total. The number of hydrogen-bond acceptors (Lipinski definition) is 6. The molecule has 35 heavy (non-hydrogen) atoms. The van der Waals surface area contributed by atoms with Gasteiger partial charge in [-0.1, -0.05) is 38.1 Å². The molecule has 3 heterocycles. The lowest BCUT2D eigenvalue weighted by atomic mass is 9.93.